The molecule has 0 aliphatic rings. The Morgan fingerprint density at radius 3 is 2.24 bits per heavy atom. The van der Waals surface area contributed by atoms with E-state index in [9.17, 15) is 13.6 Å². The second kappa shape index (κ2) is 6.22. The largest absolute Gasteiger partial charge is 0.342 e. The standard InChI is InChI=1S/C16H14ClF2NO/c1-16(10-17,12-5-3-2-4-6-12)20-15(21)11-7-13(18)9-14(19)8-11/h2-9H,10H2,1H3,(H,20,21). The van der Waals surface area contributed by atoms with E-state index in [1.165, 1.54) is 0 Å². The Morgan fingerprint density at radius 1 is 1.14 bits per heavy atom. The van der Waals surface area contributed by atoms with Crippen molar-refractivity contribution < 1.29 is 13.6 Å². The zero-order chi connectivity index (χ0) is 15.5. The highest BCUT2D eigenvalue weighted by Crippen LogP contribution is 2.23. The van der Waals surface area contributed by atoms with E-state index in [1.54, 1.807) is 6.92 Å². The van der Waals surface area contributed by atoms with Crippen LogP contribution in [0.5, 0.6) is 0 Å². The molecule has 2 aromatic carbocycles. The first-order valence-electron chi connectivity index (χ1n) is 6.35. The maximum Gasteiger partial charge on any atom is 0.252 e. The van der Waals surface area contributed by atoms with Gasteiger partial charge in [0.25, 0.3) is 5.91 Å². The molecule has 0 saturated carbocycles. The molecule has 0 aliphatic heterocycles. The quantitative estimate of drug-likeness (QED) is 0.854. The van der Waals surface area contributed by atoms with Gasteiger partial charge in [-0.25, -0.2) is 8.78 Å². The fourth-order valence-corrected chi connectivity index (χ4v) is 2.22. The number of carbonyl (C=O) groups is 1. The van der Waals surface area contributed by atoms with Crippen LogP contribution < -0.4 is 5.32 Å². The van der Waals surface area contributed by atoms with Gasteiger partial charge in [-0.15, -0.1) is 11.6 Å². The van der Waals surface area contributed by atoms with Crippen molar-refractivity contribution in [2.24, 2.45) is 0 Å². The zero-order valence-corrected chi connectivity index (χ0v) is 12.1. The van der Waals surface area contributed by atoms with Gasteiger partial charge >= 0.3 is 0 Å². The predicted octanol–water partition coefficient (Wildman–Crippen LogP) is 3.85. The van der Waals surface area contributed by atoms with Crippen LogP contribution in [0, 0.1) is 11.6 Å². The first kappa shape index (κ1) is 15.4. The van der Waals surface area contributed by atoms with Crippen molar-refractivity contribution >= 4 is 17.5 Å². The van der Waals surface area contributed by atoms with Crippen molar-refractivity contribution in [1.29, 1.82) is 0 Å². The van der Waals surface area contributed by atoms with Crippen molar-refractivity contribution in [2.45, 2.75) is 12.5 Å². The van der Waals surface area contributed by atoms with E-state index in [1.807, 2.05) is 30.3 Å². The summed E-state index contributed by atoms with van der Waals surface area (Å²) >= 11 is 5.97. The van der Waals surface area contributed by atoms with Gasteiger partial charge in [0.1, 0.15) is 11.6 Å². The van der Waals surface area contributed by atoms with Crippen LogP contribution in [0.15, 0.2) is 48.5 Å². The van der Waals surface area contributed by atoms with E-state index in [2.05, 4.69) is 5.32 Å². The van der Waals surface area contributed by atoms with E-state index < -0.39 is 23.1 Å². The lowest BCUT2D eigenvalue weighted by Crippen LogP contribution is -2.45. The molecule has 1 atom stereocenters. The molecule has 0 bridgehead atoms. The highest BCUT2D eigenvalue weighted by molar-refractivity contribution is 6.19. The van der Waals surface area contributed by atoms with Crippen LogP contribution in [0.25, 0.3) is 0 Å². The second-order valence-corrected chi connectivity index (χ2v) is 5.21. The van der Waals surface area contributed by atoms with Gasteiger partial charge in [0.15, 0.2) is 0 Å². The number of rotatable bonds is 4. The smallest absolute Gasteiger partial charge is 0.252 e. The highest BCUT2D eigenvalue weighted by Gasteiger charge is 2.28. The van der Waals surface area contributed by atoms with Crippen molar-refractivity contribution in [1.82, 2.24) is 5.32 Å². The van der Waals surface area contributed by atoms with Gasteiger partial charge < -0.3 is 5.32 Å². The molecule has 2 nitrogen and oxygen atoms in total. The first-order chi connectivity index (χ1) is 9.94. The molecule has 21 heavy (non-hydrogen) atoms. The summed E-state index contributed by atoms with van der Waals surface area (Å²) in [5, 5.41) is 2.73. The summed E-state index contributed by atoms with van der Waals surface area (Å²) in [6.07, 6.45) is 0. The fraction of sp³-hybridized carbons (Fsp3) is 0.188. The number of hydrogen-bond donors (Lipinski definition) is 1. The number of halogens is 3. The molecule has 0 heterocycles. The number of nitrogens with one attached hydrogen (secondary N) is 1. The third kappa shape index (κ3) is 3.58. The van der Waals surface area contributed by atoms with Crippen molar-refractivity contribution in [3.05, 3.63) is 71.3 Å². The van der Waals surface area contributed by atoms with Crippen LogP contribution in [0.2, 0.25) is 0 Å². The maximum atomic E-state index is 13.2. The van der Waals surface area contributed by atoms with Crippen LogP contribution in [0.1, 0.15) is 22.8 Å². The maximum absolute atomic E-state index is 13.2. The van der Waals surface area contributed by atoms with Gasteiger partial charge in [0.2, 0.25) is 0 Å². The highest BCUT2D eigenvalue weighted by atomic mass is 35.5. The van der Waals surface area contributed by atoms with Crippen molar-refractivity contribution in [3.8, 4) is 0 Å². The van der Waals surface area contributed by atoms with Gasteiger partial charge in [-0.2, -0.15) is 0 Å². The normalized spacial score (nSPS) is 13.5. The van der Waals surface area contributed by atoms with E-state index in [-0.39, 0.29) is 11.4 Å². The Hall–Kier alpha value is -1.94. The molecule has 1 amide bonds. The molecule has 0 saturated heterocycles. The van der Waals surface area contributed by atoms with Gasteiger partial charge in [-0.05, 0) is 24.6 Å². The summed E-state index contributed by atoms with van der Waals surface area (Å²) in [4.78, 5) is 12.2. The molecule has 2 aromatic rings. The summed E-state index contributed by atoms with van der Waals surface area (Å²) in [5.41, 5.74) is -0.104. The summed E-state index contributed by atoms with van der Waals surface area (Å²) < 4.78 is 26.4. The molecule has 2 rings (SSSR count). The lowest BCUT2D eigenvalue weighted by molar-refractivity contribution is 0.0912. The number of hydrogen-bond acceptors (Lipinski definition) is 1. The Labute approximate surface area is 126 Å². The Bertz CT molecular complexity index is 628. The number of amides is 1. The lowest BCUT2D eigenvalue weighted by atomic mass is 9.93. The minimum atomic E-state index is -0.831. The molecule has 5 heteroatoms. The van der Waals surface area contributed by atoms with Crippen LogP contribution in [0.3, 0.4) is 0 Å². The Balaban J connectivity index is 2.28. The number of alkyl halides is 1. The minimum absolute atomic E-state index is 0.0835. The van der Waals surface area contributed by atoms with Crippen molar-refractivity contribution in [2.75, 3.05) is 5.88 Å². The van der Waals surface area contributed by atoms with E-state index in [4.69, 9.17) is 11.6 Å². The molecule has 0 spiro atoms. The molecule has 0 aliphatic carbocycles. The molecule has 1 N–H and O–H groups in total. The second-order valence-electron chi connectivity index (χ2n) is 4.94. The van der Waals surface area contributed by atoms with E-state index in [0.717, 1.165) is 17.7 Å². The average molecular weight is 310 g/mol. The first-order valence-corrected chi connectivity index (χ1v) is 6.88. The van der Waals surface area contributed by atoms with Gasteiger partial charge in [-0.3, -0.25) is 4.79 Å². The number of carbonyl (C=O) groups excluding carboxylic acids is 1. The monoisotopic (exact) mass is 309 g/mol. The third-order valence-electron chi connectivity index (χ3n) is 3.19. The summed E-state index contributed by atoms with van der Waals surface area (Å²) in [7, 11) is 0. The molecule has 1 unspecified atom stereocenters. The number of benzene rings is 2. The molecule has 0 radical (unpaired) electrons. The zero-order valence-electron chi connectivity index (χ0n) is 11.4. The lowest BCUT2D eigenvalue weighted by Gasteiger charge is -2.29. The van der Waals surface area contributed by atoms with E-state index >= 15 is 0 Å². The van der Waals surface area contributed by atoms with Gasteiger partial charge in [0, 0.05) is 17.5 Å². The summed E-state index contributed by atoms with van der Waals surface area (Å²) in [6.45, 7) is 1.75. The topological polar surface area (TPSA) is 29.1 Å². The van der Waals surface area contributed by atoms with Crippen LogP contribution in [0.4, 0.5) is 8.78 Å². The SMILES string of the molecule is CC(CCl)(NC(=O)c1cc(F)cc(F)c1)c1ccccc1. The minimum Gasteiger partial charge on any atom is -0.342 e. The molecule has 110 valence electrons. The molecule has 0 aromatic heterocycles. The predicted molar refractivity (Wildman–Crippen MR) is 78.3 cm³/mol. The summed E-state index contributed by atoms with van der Waals surface area (Å²) in [5.74, 6) is -2.05. The summed E-state index contributed by atoms with van der Waals surface area (Å²) in [6, 6.07) is 11.8. The van der Waals surface area contributed by atoms with Gasteiger partial charge in [-0.1, -0.05) is 30.3 Å². The van der Waals surface area contributed by atoms with Crippen LogP contribution in [-0.2, 0) is 5.54 Å². The molecular formula is C16H14ClF2NO. The van der Waals surface area contributed by atoms with Crippen LogP contribution in [-0.4, -0.2) is 11.8 Å². The van der Waals surface area contributed by atoms with Crippen molar-refractivity contribution in [3.63, 3.8) is 0 Å². The molecule has 0 fully saturated rings. The Morgan fingerprint density at radius 2 is 1.71 bits per heavy atom. The average Bonchev–Trinajstić information content (AvgIpc) is 2.47. The van der Waals surface area contributed by atoms with Crippen LogP contribution >= 0.6 is 11.6 Å². The Kier molecular flexibility index (Phi) is 4.58. The third-order valence-corrected chi connectivity index (χ3v) is 3.73. The fourth-order valence-electron chi connectivity index (χ4n) is 2.00. The molecular weight excluding hydrogens is 296 g/mol. The van der Waals surface area contributed by atoms with Gasteiger partial charge in [0.05, 0.1) is 5.54 Å². The van der Waals surface area contributed by atoms with E-state index in [0.29, 0.717) is 6.07 Å².